The summed E-state index contributed by atoms with van der Waals surface area (Å²) in [6.45, 7) is 4.12. The molecule has 0 atom stereocenters. The second-order valence-electron chi connectivity index (χ2n) is 5.15. The van der Waals surface area contributed by atoms with Crippen molar-refractivity contribution in [3.8, 4) is 0 Å². The standard InChI is InChI=1S/C19H22FO3PS/c1-3-22-24(21,23-4-2)14-19(17-10-12-18(20)13-11-17)25-15-16-8-6-5-7-9-16/h5-14H,3-4,15H2,1-2H3/b19-14+. The lowest BCUT2D eigenvalue weighted by Gasteiger charge is -2.16. The molecule has 0 radical (unpaired) electrons. The SMILES string of the molecule is CCOP(=O)(/C=C(/SCc1ccccc1)c1ccc(F)cc1)OCC. The molecule has 0 saturated heterocycles. The Morgan fingerprint density at radius 2 is 1.64 bits per heavy atom. The second-order valence-corrected chi connectivity index (χ2v) is 8.02. The highest BCUT2D eigenvalue weighted by molar-refractivity contribution is 8.07. The number of benzene rings is 2. The lowest BCUT2D eigenvalue weighted by Crippen LogP contribution is -1.94. The van der Waals surface area contributed by atoms with E-state index in [0.29, 0.717) is 5.75 Å². The first kappa shape index (κ1) is 19.9. The summed E-state index contributed by atoms with van der Waals surface area (Å²) in [6.07, 6.45) is 0. The summed E-state index contributed by atoms with van der Waals surface area (Å²) in [7, 11) is -3.35. The molecule has 0 aliphatic carbocycles. The van der Waals surface area contributed by atoms with Crippen LogP contribution in [0.25, 0.3) is 4.91 Å². The van der Waals surface area contributed by atoms with Gasteiger partial charge in [0.25, 0.3) is 0 Å². The van der Waals surface area contributed by atoms with Crippen molar-refractivity contribution in [2.24, 2.45) is 0 Å². The van der Waals surface area contributed by atoms with Gasteiger partial charge in [-0.15, -0.1) is 11.8 Å². The van der Waals surface area contributed by atoms with Gasteiger partial charge in [-0.2, -0.15) is 0 Å². The maximum atomic E-state index is 13.2. The number of hydrogen-bond donors (Lipinski definition) is 0. The van der Waals surface area contributed by atoms with Gasteiger partial charge < -0.3 is 9.05 Å². The highest BCUT2D eigenvalue weighted by Gasteiger charge is 2.22. The smallest absolute Gasteiger partial charge is 0.306 e. The van der Waals surface area contributed by atoms with Crippen LogP contribution in [0, 0.1) is 5.82 Å². The zero-order valence-electron chi connectivity index (χ0n) is 14.4. The zero-order valence-corrected chi connectivity index (χ0v) is 16.1. The molecule has 2 rings (SSSR count). The predicted octanol–water partition coefficient (Wildman–Crippen LogP) is 6.32. The Balaban J connectivity index is 2.31. The van der Waals surface area contributed by atoms with Gasteiger partial charge in [0.1, 0.15) is 5.82 Å². The number of halogens is 1. The van der Waals surface area contributed by atoms with Crippen molar-refractivity contribution in [2.45, 2.75) is 19.6 Å². The van der Waals surface area contributed by atoms with Gasteiger partial charge in [0.15, 0.2) is 0 Å². The molecule has 2 aromatic carbocycles. The number of thioether (sulfide) groups is 1. The third kappa shape index (κ3) is 6.44. The molecule has 0 bridgehead atoms. The van der Waals surface area contributed by atoms with E-state index in [-0.39, 0.29) is 19.0 Å². The average Bonchev–Trinajstić information content (AvgIpc) is 2.61. The molecule has 0 heterocycles. The molecule has 25 heavy (non-hydrogen) atoms. The van der Waals surface area contributed by atoms with Gasteiger partial charge in [-0.25, -0.2) is 4.39 Å². The van der Waals surface area contributed by atoms with Crippen LogP contribution in [0.5, 0.6) is 0 Å². The summed E-state index contributed by atoms with van der Waals surface area (Å²) < 4.78 is 36.9. The van der Waals surface area contributed by atoms with Gasteiger partial charge >= 0.3 is 7.60 Å². The molecule has 0 spiro atoms. The van der Waals surface area contributed by atoms with Gasteiger partial charge in [-0.1, -0.05) is 42.5 Å². The normalized spacial score (nSPS) is 12.4. The van der Waals surface area contributed by atoms with Crippen LogP contribution in [-0.4, -0.2) is 13.2 Å². The molecular weight excluding hydrogens is 358 g/mol. The van der Waals surface area contributed by atoms with E-state index in [4.69, 9.17) is 9.05 Å². The summed E-state index contributed by atoms with van der Waals surface area (Å²) in [5.41, 5.74) is 1.92. The first-order chi connectivity index (χ1) is 12.1. The number of rotatable bonds is 9. The van der Waals surface area contributed by atoms with E-state index in [0.717, 1.165) is 16.0 Å². The van der Waals surface area contributed by atoms with Crippen LogP contribution in [0.2, 0.25) is 0 Å². The Morgan fingerprint density at radius 3 is 2.20 bits per heavy atom. The highest BCUT2D eigenvalue weighted by Crippen LogP contribution is 2.53. The van der Waals surface area contributed by atoms with Gasteiger partial charge in [-0.3, -0.25) is 4.57 Å². The zero-order chi connectivity index (χ0) is 18.1. The van der Waals surface area contributed by atoms with E-state index in [1.165, 1.54) is 23.9 Å². The fourth-order valence-corrected chi connectivity index (χ4v) is 5.04. The van der Waals surface area contributed by atoms with Gasteiger partial charge in [0, 0.05) is 16.5 Å². The molecule has 0 unspecified atom stereocenters. The first-order valence-corrected chi connectivity index (χ1v) is 10.7. The maximum Gasteiger partial charge on any atom is 0.355 e. The van der Waals surface area contributed by atoms with Crippen LogP contribution in [0.1, 0.15) is 25.0 Å². The average molecular weight is 380 g/mol. The topological polar surface area (TPSA) is 35.5 Å². The molecule has 134 valence electrons. The Bertz CT molecular complexity index is 722. The molecular formula is C19H22FO3PS. The fraction of sp³-hybridized carbons (Fsp3) is 0.263. The van der Waals surface area contributed by atoms with Crippen molar-refractivity contribution in [1.82, 2.24) is 0 Å². The molecule has 0 aromatic heterocycles. The molecule has 2 aromatic rings. The molecule has 0 amide bonds. The van der Waals surface area contributed by atoms with Crippen molar-refractivity contribution in [3.05, 3.63) is 77.4 Å². The monoisotopic (exact) mass is 380 g/mol. The van der Waals surface area contributed by atoms with Crippen molar-refractivity contribution in [1.29, 1.82) is 0 Å². The van der Waals surface area contributed by atoms with Crippen LogP contribution in [-0.2, 0) is 19.4 Å². The van der Waals surface area contributed by atoms with Crippen molar-refractivity contribution in [3.63, 3.8) is 0 Å². The Hall–Kier alpha value is -1.39. The molecule has 0 fully saturated rings. The van der Waals surface area contributed by atoms with Crippen molar-refractivity contribution < 1.29 is 18.0 Å². The summed E-state index contributed by atoms with van der Waals surface area (Å²) in [4.78, 5) is 0.745. The summed E-state index contributed by atoms with van der Waals surface area (Å²) >= 11 is 1.52. The summed E-state index contributed by atoms with van der Waals surface area (Å²) in [6, 6.07) is 16.1. The van der Waals surface area contributed by atoms with Crippen LogP contribution >= 0.6 is 19.4 Å². The van der Waals surface area contributed by atoms with Crippen molar-refractivity contribution >= 4 is 24.3 Å². The Labute approximate surface area is 152 Å². The lowest BCUT2D eigenvalue weighted by atomic mass is 10.2. The molecule has 0 N–H and O–H groups in total. The quantitative estimate of drug-likeness (QED) is 0.477. The maximum absolute atomic E-state index is 13.2. The van der Waals surface area contributed by atoms with E-state index in [2.05, 4.69) is 0 Å². The summed E-state index contributed by atoms with van der Waals surface area (Å²) in [5, 5.41) is 0. The third-order valence-electron chi connectivity index (χ3n) is 3.26. The number of hydrogen-bond acceptors (Lipinski definition) is 4. The lowest BCUT2D eigenvalue weighted by molar-refractivity contribution is 0.229. The van der Waals surface area contributed by atoms with Crippen LogP contribution in [0.15, 0.2) is 60.4 Å². The minimum atomic E-state index is -3.35. The molecule has 0 aliphatic heterocycles. The van der Waals surface area contributed by atoms with Gasteiger partial charge in [0.2, 0.25) is 0 Å². The van der Waals surface area contributed by atoms with E-state index in [1.54, 1.807) is 31.8 Å². The fourth-order valence-electron chi connectivity index (χ4n) is 2.16. The van der Waals surface area contributed by atoms with Crippen LogP contribution in [0.4, 0.5) is 4.39 Å². The Morgan fingerprint density at radius 1 is 1.04 bits per heavy atom. The van der Waals surface area contributed by atoms with E-state index in [9.17, 15) is 8.96 Å². The van der Waals surface area contributed by atoms with Gasteiger partial charge in [0.05, 0.1) is 13.2 Å². The second kappa shape index (κ2) is 9.93. The third-order valence-corrected chi connectivity index (χ3v) is 6.39. The van der Waals surface area contributed by atoms with Crippen LogP contribution in [0.3, 0.4) is 0 Å². The van der Waals surface area contributed by atoms with Crippen molar-refractivity contribution in [2.75, 3.05) is 13.2 Å². The largest absolute Gasteiger partial charge is 0.355 e. The minimum absolute atomic E-state index is 0.286. The van der Waals surface area contributed by atoms with E-state index in [1.807, 2.05) is 30.3 Å². The minimum Gasteiger partial charge on any atom is -0.306 e. The van der Waals surface area contributed by atoms with E-state index >= 15 is 0 Å². The first-order valence-electron chi connectivity index (χ1n) is 8.10. The molecule has 0 aliphatic rings. The van der Waals surface area contributed by atoms with Crippen LogP contribution < -0.4 is 0 Å². The molecule has 0 saturated carbocycles. The summed E-state index contributed by atoms with van der Waals surface area (Å²) in [5.74, 6) is 1.93. The highest BCUT2D eigenvalue weighted by atomic mass is 32.2. The molecule has 3 nitrogen and oxygen atoms in total. The Kier molecular flexibility index (Phi) is 7.91. The predicted molar refractivity (Wildman–Crippen MR) is 103 cm³/mol. The molecule has 6 heteroatoms. The van der Waals surface area contributed by atoms with E-state index < -0.39 is 7.60 Å². The van der Waals surface area contributed by atoms with Gasteiger partial charge in [-0.05, 0) is 37.1 Å².